The summed E-state index contributed by atoms with van der Waals surface area (Å²) in [5.74, 6) is -1.31. The lowest BCUT2D eigenvalue weighted by Crippen LogP contribution is -2.53. The number of nitrogens with one attached hydrogen (secondary N) is 1. The molecule has 2 amide bonds. The standard InChI is InChI=1S/C30H36FN3O4S/c1-6-27(30(36)32-21(2)3)33(19-24-14-16-25(31)17-15-24)29(35)20-34(28-18-22(4)12-13-23(28)5)39(37,38)26-10-8-7-9-11-26/h7-18,21,27H,6,19-20H2,1-5H3,(H,32,36)/t27-/m0/s1. The molecule has 39 heavy (non-hydrogen) atoms. The van der Waals surface area contributed by atoms with Crippen LogP contribution >= 0.6 is 0 Å². The molecule has 0 aromatic heterocycles. The van der Waals surface area contributed by atoms with Crippen LogP contribution in [0.1, 0.15) is 43.9 Å². The van der Waals surface area contributed by atoms with Gasteiger partial charge in [-0.1, -0.05) is 49.4 Å². The number of anilines is 1. The van der Waals surface area contributed by atoms with Crippen molar-refractivity contribution in [2.24, 2.45) is 0 Å². The van der Waals surface area contributed by atoms with Gasteiger partial charge in [0.05, 0.1) is 10.6 Å². The van der Waals surface area contributed by atoms with Crippen LogP contribution in [0.4, 0.5) is 10.1 Å². The number of hydrogen-bond acceptors (Lipinski definition) is 4. The highest BCUT2D eigenvalue weighted by Crippen LogP contribution is 2.28. The van der Waals surface area contributed by atoms with Crippen LogP contribution in [-0.2, 0) is 26.2 Å². The molecule has 0 aliphatic rings. The highest BCUT2D eigenvalue weighted by molar-refractivity contribution is 7.92. The first kappa shape index (κ1) is 29.8. The molecule has 0 heterocycles. The number of sulfonamides is 1. The lowest BCUT2D eigenvalue weighted by Gasteiger charge is -2.34. The molecule has 0 saturated heterocycles. The van der Waals surface area contributed by atoms with E-state index in [9.17, 15) is 22.4 Å². The van der Waals surface area contributed by atoms with Crippen LogP contribution in [0.2, 0.25) is 0 Å². The molecule has 1 atom stereocenters. The Bertz CT molecular complexity index is 1390. The normalized spacial score (nSPS) is 12.2. The van der Waals surface area contributed by atoms with E-state index in [2.05, 4.69) is 5.32 Å². The molecule has 0 fully saturated rings. The average molecular weight is 554 g/mol. The molecular formula is C30H36FN3O4S. The van der Waals surface area contributed by atoms with E-state index in [1.54, 1.807) is 50.2 Å². The zero-order valence-corrected chi connectivity index (χ0v) is 23.8. The van der Waals surface area contributed by atoms with E-state index in [-0.39, 0.29) is 23.4 Å². The Morgan fingerprint density at radius 2 is 1.59 bits per heavy atom. The minimum atomic E-state index is -4.14. The molecule has 208 valence electrons. The lowest BCUT2D eigenvalue weighted by atomic mass is 10.1. The van der Waals surface area contributed by atoms with Gasteiger partial charge in [-0.2, -0.15) is 0 Å². The summed E-state index contributed by atoms with van der Waals surface area (Å²) >= 11 is 0. The molecule has 0 aliphatic carbocycles. The van der Waals surface area contributed by atoms with Crippen LogP contribution in [0.15, 0.2) is 77.7 Å². The molecule has 3 aromatic rings. The van der Waals surface area contributed by atoms with Crippen molar-refractivity contribution < 1.29 is 22.4 Å². The largest absolute Gasteiger partial charge is 0.352 e. The van der Waals surface area contributed by atoms with Gasteiger partial charge in [0.2, 0.25) is 11.8 Å². The predicted octanol–water partition coefficient (Wildman–Crippen LogP) is 4.97. The minimum absolute atomic E-state index is 0.00909. The molecular weight excluding hydrogens is 517 g/mol. The van der Waals surface area contributed by atoms with Crippen molar-refractivity contribution in [1.29, 1.82) is 0 Å². The number of hydrogen-bond donors (Lipinski definition) is 1. The second-order valence-electron chi connectivity index (χ2n) is 9.85. The minimum Gasteiger partial charge on any atom is -0.352 e. The van der Waals surface area contributed by atoms with Gasteiger partial charge in [-0.05, 0) is 81.1 Å². The molecule has 0 saturated carbocycles. The summed E-state index contributed by atoms with van der Waals surface area (Å²) in [5.41, 5.74) is 2.52. The van der Waals surface area contributed by atoms with Crippen molar-refractivity contribution in [2.75, 3.05) is 10.8 Å². The van der Waals surface area contributed by atoms with Gasteiger partial charge in [0.15, 0.2) is 0 Å². The lowest BCUT2D eigenvalue weighted by molar-refractivity contribution is -0.140. The topological polar surface area (TPSA) is 86.8 Å². The first-order chi connectivity index (χ1) is 18.4. The van der Waals surface area contributed by atoms with Crippen molar-refractivity contribution in [3.05, 3.63) is 95.3 Å². The summed E-state index contributed by atoms with van der Waals surface area (Å²) in [6.45, 7) is 8.56. The van der Waals surface area contributed by atoms with Gasteiger partial charge in [-0.3, -0.25) is 13.9 Å². The summed E-state index contributed by atoms with van der Waals surface area (Å²) in [4.78, 5) is 28.6. The van der Waals surface area contributed by atoms with Gasteiger partial charge in [-0.15, -0.1) is 0 Å². The molecule has 0 spiro atoms. The van der Waals surface area contributed by atoms with Crippen LogP contribution in [0.25, 0.3) is 0 Å². The second-order valence-corrected chi connectivity index (χ2v) is 11.7. The molecule has 7 nitrogen and oxygen atoms in total. The van der Waals surface area contributed by atoms with E-state index < -0.39 is 34.3 Å². The summed E-state index contributed by atoms with van der Waals surface area (Å²) in [7, 11) is -4.14. The van der Waals surface area contributed by atoms with Crippen molar-refractivity contribution >= 4 is 27.5 Å². The fourth-order valence-electron chi connectivity index (χ4n) is 4.31. The highest BCUT2D eigenvalue weighted by atomic mass is 32.2. The fraction of sp³-hybridized carbons (Fsp3) is 0.333. The monoisotopic (exact) mass is 553 g/mol. The summed E-state index contributed by atoms with van der Waals surface area (Å²) in [6.07, 6.45) is 0.306. The van der Waals surface area contributed by atoms with Gasteiger partial charge < -0.3 is 10.2 Å². The van der Waals surface area contributed by atoms with Crippen molar-refractivity contribution in [3.8, 4) is 0 Å². The third-order valence-corrected chi connectivity index (χ3v) is 8.10. The Labute approximate surface area is 230 Å². The van der Waals surface area contributed by atoms with Crippen LogP contribution in [-0.4, -0.2) is 43.8 Å². The van der Waals surface area contributed by atoms with Crippen LogP contribution < -0.4 is 9.62 Å². The first-order valence-corrected chi connectivity index (χ1v) is 14.4. The van der Waals surface area contributed by atoms with Crippen molar-refractivity contribution in [3.63, 3.8) is 0 Å². The van der Waals surface area contributed by atoms with Gasteiger partial charge in [-0.25, -0.2) is 12.8 Å². The molecule has 0 radical (unpaired) electrons. The van der Waals surface area contributed by atoms with E-state index in [0.29, 0.717) is 23.2 Å². The van der Waals surface area contributed by atoms with Crippen LogP contribution in [0.5, 0.6) is 0 Å². The zero-order chi connectivity index (χ0) is 28.7. The molecule has 0 bridgehead atoms. The van der Waals surface area contributed by atoms with Crippen LogP contribution in [0.3, 0.4) is 0 Å². The number of halogens is 1. The van der Waals surface area contributed by atoms with Crippen molar-refractivity contribution in [2.45, 2.75) is 64.6 Å². The number of nitrogens with zero attached hydrogens (tertiary/aromatic N) is 2. The molecule has 3 rings (SSSR count). The Morgan fingerprint density at radius 3 is 2.18 bits per heavy atom. The first-order valence-electron chi connectivity index (χ1n) is 12.9. The van der Waals surface area contributed by atoms with Crippen molar-refractivity contribution in [1.82, 2.24) is 10.2 Å². The second kappa shape index (κ2) is 12.9. The van der Waals surface area contributed by atoms with Crippen LogP contribution in [0, 0.1) is 19.7 Å². The molecule has 0 aliphatic heterocycles. The van der Waals surface area contributed by atoms with E-state index in [4.69, 9.17) is 0 Å². The third-order valence-electron chi connectivity index (χ3n) is 6.33. The quantitative estimate of drug-likeness (QED) is 0.363. The van der Waals surface area contributed by atoms with Gasteiger partial charge in [0, 0.05) is 12.6 Å². The molecule has 3 aromatic carbocycles. The number of carbonyl (C=O) groups excluding carboxylic acids is 2. The maximum absolute atomic E-state index is 14.0. The third kappa shape index (κ3) is 7.44. The Hall–Kier alpha value is -3.72. The Kier molecular flexibility index (Phi) is 9.86. The van der Waals surface area contributed by atoms with E-state index in [1.165, 1.54) is 29.2 Å². The Morgan fingerprint density at radius 1 is 0.949 bits per heavy atom. The SMILES string of the molecule is CC[C@@H](C(=O)NC(C)C)N(Cc1ccc(F)cc1)C(=O)CN(c1cc(C)ccc1C)S(=O)(=O)c1ccccc1. The van der Waals surface area contributed by atoms with Gasteiger partial charge in [0.1, 0.15) is 18.4 Å². The van der Waals surface area contributed by atoms with E-state index in [0.717, 1.165) is 9.87 Å². The fourth-order valence-corrected chi connectivity index (χ4v) is 5.80. The predicted molar refractivity (Wildman–Crippen MR) is 151 cm³/mol. The zero-order valence-electron chi connectivity index (χ0n) is 23.0. The summed E-state index contributed by atoms with van der Waals surface area (Å²) in [6, 6.07) is 18.0. The van der Waals surface area contributed by atoms with Gasteiger partial charge in [0.25, 0.3) is 10.0 Å². The maximum Gasteiger partial charge on any atom is 0.264 e. The summed E-state index contributed by atoms with van der Waals surface area (Å²) in [5, 5.41) is 2.86. The number of rotatable bonds is 11. The molecule has 1 N–H and O–H groups in total. The Balaban J connectivity index is 2.09. The van der Waals surface area contributed by atoms with E-state index in [1.807, 2.05) is 32.9 Å². The number of amides is 2. The van der Waals surface area contributed by atoms with E-state index >= 15 is 0 Å². The average Bonchev–Trinajstić information content (AvgIpc) is 2.89. The smallest absolute Gasteiger partial charge is 0.264 e. The maximum atomic E-state index is 14.0. The van der Waals surface area contributed by atoms with Gasteiger partial charge >= 0.3 is 0 Å². The molecule has 0 unspecified atom stereocenters. The summed E-state index contributed by atoms with van der Waals surface area (Å²) < 4.78 is 42.5. The number of carbonyl (C=O) groups is 2. The number of benzene rings is 3. The molecule has 9 heteroatoms. The number of aryl methyl sites for hydroxylation is 2. The highest BCUT2D eigenvalue weighted by Gasteiger charge is 2.34.